The molecule has 1 fully saturated rings. The summed E-state index contributed by atoms with van der Waals surface area (Å²) in [5.74, 6) is -1.51. The fourth-order valence-corrected chi connectivity index (χ4v) is 3.92. The molecular weight excluding hydrogens is 404 g/mol. The monoisotopic (exact) mass is 418 g/mol. The Bertz CT molecular complexity index is 565. The van der Waals surface area contributed by atoms with Crippen LogP contribution in [0.25, 0.3) is 0 Å². The summed E-state index contributed by atoms with van der Waals surface area (Å²) >= 11 is 6.77. The third-order valence-corrected chi connectivity index (χ3v) is 4.67. The Morgan fingerprint density at radius 2 is 2.24 bits per heavy atom. The lowest BCUT2D eigenvalue weighted by atomic mass is 9.86. The van der Waals surface area contributed by atoms with Gasteiger partial charge in [-0.15, -0.1) is 0 Å². The summed E-state index contributed by atoms with van der Waals surface area (Å²) in [6.45, 7) is 2.51. The minimum Gasteiger partial charge on any atom is -0.481 e. The number of piperidine rings is 1. The van der Waals surface area contributed by atoms with E-state index in [1.165, 1.54) is 0 Å². The van der Waals surface area contributed by atoms with E-state index in [9.17, 15) is 14.7 Å². The molecule has 1 aromatic rings. The molecule has 114 valence electrons. The number of aliphatic carboxylic acids is 1. The number of carboxylic acids is 1. The first-order chi connectivity index (χ1) is 9.95. The Morgan fingerprint density at radius 1 is 1.52 bits per heavy atom. The third-order valence-electron chi connectivity index (χ3n) is 3.60. The van der Waals surface area contributed by atoms with Crippen LogP contribution in [0.4, 0.5) is 0 Å². The first-order valence-corrected chi connectivity index (χ1v) is 8.37. The lowest BCUT2D eigenvalue weighted by Crippen LogP contribution is -2.46. The first kappa shape index (κ1) is 16.4. The van der Waals surface area contributed by atoms with E-state index < -0.39 is 17.9 Å². The maximum atomic E-state index is 12.2. The van der Waals surface area contributed by atoms with E-state index in [4.69, 9.17) is 0 Å². The van der Waals surface area contributed by atoms with Crippen molar-refractivity contribution in [3.05, 3.63) is 26.9 Å². The number of pyridine rings is 1. The molecule has 2 rings (SSSR count). The van der Waals surface area contributed by atoms with Gasteiger partial charge in [0.2, 0.25) is 5.91 Å². The van der Waals surface area contributed by atoms with Gasteiger partial charge < -0.3 is 10.0 Å². The third kappa shape index (κ3) is 3.45. The molecule has 1 saturated heterocycles. The topological polar surface area (TPSA) is 70.5 Å². The number of nitrogens with zero attached hydrogens (tertiary/aromatic N) is 2. The molecule has 2 unspecified atom stereocenters. The summed E-state index contributed by atoms with van der Waals surface area (Å²) in [5.41, 5.74) is 0.604. The highest BCUT2D eigenvalue weighted by Crippen LogP contribution is 2.39. The summed E-state index contributed by atoms with van der Waals surface area (Å²) < 4.78 is 1.51. The summed E-state index contributed by atoms with van der Waals surface area (Å²) in [6, 6.07) is 1.30. The zero-order chi connectivity index (χ0) is 15.6. The molecule has 7 heteroatoms. The molecule has 0 spiro atoms. The molecule has 1 aliphatic rings. The van der Waals surface area contributed by atoms with Gasteiger partial charge in [0.05, 0.1) is 17.7 Å². The zero-order valence-electron chi connectivity index (χ0n) is 11.6. The Kier molecular flexibility index (Phi) is 5.37. The SMILES string of the molecule is CCCN1C(=O)CCC(C(=O)O)C1c1ncc(Br)cc1Br. The maximum absolute atomic E-state index is 12.2. The number of halogens is 2. The minimum absolute atomic E-state index is 0.00373. The number of carboxylic acid groups (broad SMARTS) is 1. The Labute approximate surface area is 140 Å². The molecule has 0 aromatic carbocycles. The van der Waals surface area contributed by atoms with Crippen LogP contribution in [0.1, 0.15) is 37.9 Å². The van der Waals surface area contributed by atoms with Gasteiger partial charge in [-0.05, 0) is 50.8 Å². The van der Waals surface area contributed by atoms with E-state index in [0.29, 0.717) is 23.1 Å². The van der Waals surface area contributed by atoms with Crippen LogP contribution in [0, 0.1) is 5.92 Å². The molecule has 5 nitrogen and oxygen atoms in total. The lowest BCUT2D eigenvalue weighted by Gasteiger charge is -2.39. The fourth-order valence-electron chi connectivity index (χ4n) is 2.70. The molecule has 21 heavy (non-hydrogen) atoms. The van der Waals surface area contributed by atoms with Crippen LogP contribution in [0.2, 0.25) is 0 Å². The van der Waals surface area contributed by atoms with Crippen LogP contribution in [0.3, 0.4) is 0 Å². The van der Waals surface area contributed by atoms with E-state index in [0.717, 1.165) is 10.9 Å². The highest BCUT2D eigenvalue weighted by Gasteiger charge is 2.41. The van der Waals surface area contributed by atoms with E-state index >= 15 is 0 Å². The zero-order valence-corrected chi connectivity index (χ0v) is 14.7. The fraction of sp³-hybridized carbons (Fsp3) is 0.500. The smallest absolute Gasteiger partial charge is 0.309 e. The highest BCUT2D eigenvalue weighted by atomic mass is 79.9. The molecule has 1 aliphatic heterocycles. The second-order valence-electron chi connectivity index (χ2n) is 5.04. The number of likely N-dealkylation sites (tertiary alicyclic amines) is 1. The number of rotatable bonds is 4. The van der Waals surface area contributed by atoms with Gasteiger partial charge in [0.25, 0.3) is 0 Å². The van der Waals surface area contributed by atoms with Crippen LogP contribution in [-0.4, -0.2) is 33.4 Å². The van der Waals surface area contributed by atoms with E-state index in [-0.39, 0.29) is 12.3 Å². The van der Waals surface area contributed by atoms with E-state index in [2.05, 4.69) is 36.8 Å². The molecule has 2 atom stereocenters. The molecule has 1 N–H and O–H groups in total. The van der Waals surface area contributed by atoms with Gasteiger partial charge in [0, 0.05) is 28.1 Å². The van der Waals surface area contributed by atoms with Gasteiger partial charge >= 0.3 is 5.97 Å². The lowest BCUT2D eigenvalue weighted by molar-refractivity contribution is -0.152. The Balaban J connectivity index is 2.48. The maximum Gasteiger partial charge on any atom is 0.309 e. The first-order valence-electron chi connectivity index (χ1n) is 6.79. The second-order valence-corrected chi connectivity index (χ2v) is 6.81. The van der Waals surface area contributed by atoms with Crippen molar-refractivity contribution in [3.8, 4) is 0 Å². The number of carbonyl (C=O) groups excluding carboxylic acids is 1. The van der Waals surface area contributed by atoms with Gasteiger partial charge in [-0.3, -0.25) is 14.6 Å². The molecule has 0 bridgehead atoms. The van der Waals surface area contributed by atoms with Gasteiger partial charge in [-0.1, -0.05) is 6.92 Å². The largest absolute Gasteiger partial charge is 0.481 e. The van der Waals surface area contributed by atoms with Crippen molar-refractivity contribution in [3.63, 3.8) is 0 Å². The second kappa shape index (κ2) is 6.87. The number of carbonyl (C=O) groups is 2. The molecule has 1 amide bonds. The molecule has 0 aliphatic carbocycles. The average Bonchev–Trinajstić information content (AvgIpc) is 2.41. The molecule has 0 radical (unpaired) electrons. The van der Waals surface area contributed by atoms with Crippen LogP contribution < -0.4 is 0 Å². The predicted molar refractivity (Wildman–Crippen MR) is 84.7 cm³/mol. The van der Waals surface area contributed by atoms with Crippen molar-refractivity contribution >= 4 is 43.7 Å². The van der Waals surface area contributed by atoms with Crippen molar-refractivity contribution < 1.29 is 14.7 Å². The average molecular weight is 420 g/mol. The summed E-state index contributed by atoms with van der Waals surface area (Å²) in [4.78, 5) is 29.8. The van der Waals surface area contributed by atoms with Crippen LogP contribution in [0.15, 0.2) is 21.2 Å². The molecule has 2 heterocycles. The molecule has 0 saturated carbocycles. The van der Waals surface area contributed by atoms with Crippen molar-refractivity contribution in [2.24, 2.45) is 5.92 Å². The highest BCUT2D eigenvalue weighted by molar-refractivity contribution is 9.11. The van der Waals surface area contributed by atoms with Gasteiger partial charge in [-0.2, -0.15) is 0 Å². The van der Waals surface area contributed by atoms with E-state index in [1.807, 2.05) is 13.0 Å². The van der Waals surface area contributed by atoms with Crippen molar-refractivity contribution in [2.45, 2.75) is 32.2 Å². The summed E-state index contributed by atoms with van der Waals surface area (Å²) in [6.07, 6.45) is 3.04. The summed E-state index contributed by atoms with van der Waals surface area (Å²) in [7, 11) is 0. The Morgan fingerprint density at radius 3 is 2.81 bits per heavy atom. The Hall–Kier alpha value is -0.950. The normalized spacial score (nSPS) is 22.4. The quantitative estimate of drug-likeness (QED) is 0.811. The predicted octanol–water partition coefficient (Wildman–Crippen LogP) is 3.38. The van der Waals surface area contributed by atoms with Gasteiger partial charge in [0.15, 0.2) is 0 Å². The number of hydrogen-bond donors (Lipinski definition) is 1. The van der Waals surface area contributed by atoms with Crippen LogP contribution >= 0.6 is 31.9 Å². The van der Waals surface area contributed by atoms with E-state index in [1.54, 1.807) is 11.1 Å². The van der Waals surface area contributed by atoms with Crippen molar-refractivity contribution in [1.29, 1.82) is 0 Å². The number of aromatic nitrogens is 1. The molecule has 1 aromatic heterocycles. The minimum atomic E-state index is -0.884. The number of amides is 1. The standard InChI is InChI=1S/C14H16Br2N2O3/c1-2-5-18-11(19)4-3-9(14(20)21)13(18)12-10(16)6-8(15)7-17-12/h6-7,9,13H,2-5H2,1H3,(H,20,21). The van der Waals surface area contributed by atoms with Crippen molar-refractivity contribution in [1.82, 2.24) is 9.88 Å². The van der Waals surface area contributed by atoms with Crippen LogP contribution in [-0.2, 0) is 9.59 Å². The summed E-state index contributed by atoms with van der Waals surface area (Å²) in [5, 5.41) is 9.50. The van der Waals surface area contributed by atoms with Gasteiger partial charge in [-0.25, -0.2) is 0 Å². The van der Waals surface area contributed by atoms with Crippen LogP contribution in [0.5, 0.6) is 0 Å². The van der Waals surface area contributed by atoms with Gasteiger partial charge in [0.1, 0.15) is 0 Å². The number of hydrogen-bond acceptors (Lipinski definition) is 3. The van der Waals surface area contributed by atoms with Crippen molar-refractivity contribution in [2.75, 3.05) is 6.54 Å². The molecular formula is C14H16Br2N2O3.